The second-order valence-electron chi connectivity index (χ2n) is 8.61. The van der Waals surface area contributed by atoms with Gasteiger partial charge in [0.25, 0.3) is 0 Å². The predicted octanol–water partition coefficient (Wildman–Crippen LogP) is 3.92. The first-order valence-electron chi connectivity index (χ1n) is 11.3. The summed E-state index contributed by atoms with van der Waals surface area (Å²) in [7, 11) is 0. The lowest BCUT2D eigenvalue weighted by molar-refractivity contribution is -0.138. The molecule has 0 spiro atoms. The molecular formula is C27H30N2O5. The van der Waals surface area contributed by atoms with Gasteiger partial charge in [-0.15, -0.1) is 11.8 Å². The van der Waals surface area contributed by atoms with Crippen molar-refractivity contribution in [2.24, 2.45) is 5.92 Å². The number of nitrogens with one attached hydrogen (secondary N) is 2. The summed E-state index contributed by atoms with van der Waals surface area (Å²) >= 11 is 0. The van der Waals surface area contributed by atoms with Gasteiger partial charge < -0.3 is 20.5 Å². The summed E-state index contributed by atoms with van der Waals surface area (Å²) in [6.45, 7) is 5.42. The van der Waals surface area contributed by atoms with Gasteiger partial charge in [-0.25, -0.2) is 4.79 Å². The number of fused-ring (bicyclic) bond motifs is 3. The maximum atomic E-state index is 12.8. The number of alkyl carbamates (subject to hydrolysis) is 1. The van der Waals surface area contributed by atoms with Gasteiger partial charge in [-0.3, -0.25) is 9.59 Å². The van der Waals surface area contributed by atoms with E-state index in [0.29, 0.717) is 0 Å². The van der Waals surface area contributed by atoms with E-state index in [0.717, 1.165) is 22.3 Å². The van der Waals surface area contributed by atoms with Crippen LogP contribution in [0.15, 0.2) is 48.5 Å². The number of carboxylic acid groups (broad SMARTS) is 1. The van der Waals surface area contributed by atoms with Crippen molar-refractivity contribution in [3.8, 4) is 23.0 Å². The number of hydrogen-bond donors (Lipinski definition) is 3. The van der Waals surface area contributed by atoms with Gasteiger partial charge >= 0.3 is 12.1 Å². The zero-order valence-corrected chi connectivity index (χ0v) is 19.6. The molecule has 1 aliphatic rings. The Morgan fingerprint density at radius 2 is 1.59 bits per heavy atom. The van der Waals surface area contributed by atoms with E-state index in [4.69, 9.17) is 9.84 Å². The van der Waals surface area contributed by atoms with Crippen LogP contribution >= 0.6 is 0 Å². The predicted molar refractivity (Wildman–Crippen MR) is 129 cm³/mol. The van der Waals surface area contributed by atoms with E-state index in [9.17, 15) is 14.4 Å². The summed E-state index contributed by atoms with van der Waals surface area (Å²) in [6.07, 6.45) is -0.843. The van der Waals surface area contributed by atoms with Gasteiger partial charge in [0.15, 0.2) is 0 Å². The number of aliphatic carboxylic acids is 1. The Labute approximate surface area is 199 Å². The van der Waals surface area contributed by atoms with Crippen molar-refractivity contribution >= 4 is 18.0 Å². The van der Waals surface area contributed by atoms with Crippen molar-refractivity contribution in [3.63, 3.8) is 0 Å². The molecule has 0 radical (unpaired) electrons. The third kappa shape index (κ3) is 5.96. The third-order valence-electron chi connectivity index (χ3n) is 5.96. The highest BCUT2D eigenvalue weighted by Gasteiger charge is 2.30. The molecule has 0 fully saturated rings. The van der Waals surface area contributed by atoms with Gasteiger partial charge in [-0.1, -0.05) is 62.4 Å². The molecule has 7 heteroatoms. The van der Waals surface area contributed by atoms with Crippen LogP contribution in [0.1, 0.15) is 50.7 Å². The highest BCUT2D eigenvalue weighted by Crippen LogP contribution is 2.44. The SMILES string of the molecule is CC#CCC(NC(=O)OCC1c2ccccc2-c2ccccc21)C(=O)NC(CC(=O)O)C(C)C. The topological polar surface area (TPSA) is 105 Å². The maximum Gasteiger partial charge on any atom is 0.407 e. The van der Waals surface area contributed by atoms with Crippen LogP contribution in [0.2, 0.25) is 0 Å². The zero-order chi connectivity index (χ0) is 24.7. The summed E-state index contributed by atoms with van der Waals surface area (Å²) in [4.78, 5) is 36.6. The normalized spacial score (nSPS) is 13.6. The van der Waals surface area contributed by atoms with Crippen molar-refractivity contribution < 1.29 is 24.2 Å². The van der Waals surface area contributed by atoms with E-state index in [1.54, 1.807) is 6.92 Å². The fraction of sp³-hybridized carbons (Fsp3) is 0.370. The molecule has 0 aromatic heterocycles. The van der Waals surface area contributed by atoms with E-state index in [1.165, 1.54) is 0 Å². The van der Waals surface area contributed by atoms with Gasteiger partial charge in [0.2, 0.25) is 5.91 Å². The monoisotopic (exact) mass is 462 g/mol. The van der Waals surface area contributed by atoms with Gasteiger partial charge in [0.05, 0.1) is 6.42 Å². The Balaban J connectivity index is 1.67. The zero-order valence-electron chi connectivity index (χ0n) is 19.6. The molecule has 0 saturated carbocycles. The standard InChI is InChI=1S/C27H30N2O5/c1-4-5-14-23(26(32)28-24(17(2)3)15-25(30)31)29-27(33)34-16-22-20-12-8-6-10-18(20)19-11-7-9-13-21(19)22/h6-13,17,22-24H,14-16H2,1-3H3,(H,28,32)(H,29,33)(H,30,31). The van der Waals surface area contributed by atoms with Crippen LogP contribution in [0.4, 0.5) is 4.79 Å². The lowest BCUT2D eigenvalue weighted by atomic mass is 9.98. The molecular weight excluding hydrogens is 432 g/mol. The summed E-state index contributed by atoms with van der Waals surface area (Å²) in [6, 6.07) is 14.5. The minimum atomic E-state index is -1.01. The summed E-state index contributed by atoms with van der Waals surface area (Å²) < 4.78 is 5.54. The van der Waals surface area contributed by atoms with E-state index < -0.39 is 30.1 Å². The van der Waals surface area contributed by atoms with Gasteiger partial charge in [-0.2, -0.15) is 0 Å². The largest absolute Gasteiger partial charge is 0.481 e. The van der Waals surface area contributed by atoms with Crippen molar-refractivity contribution in [2.45, 2.75) is 51.6 Å². The minimum Gasteiger partial charge on any atom is -0.481 e. The van der Waals surface area contributed by atoms with Crippen LogP contribution in [0, 0.1) is 17.8 Å². The average Bonchev–Trinajstić information content (AvgIpc) is 3.13. The molecule has 2 aromatic rings. The Bertz CT molecular complexity index is 1070. The molecule has 3 N–H and O–H groups in total. The first-order chi connectivity index (χ1) is 16.3. The molecule has 178 valence electrons. The number of carbonyl (C=O) groups is 3. The van der Waals surface area contributed by atoms with Crippen LogP contribution < -0.4 is 10.6 Å². The van der Waals surface area contributed by atoms with E-state index in [-0.39, 0.29) is 31.3 Å². The molecule has 2 unspecified atom stereocenters. The third-order valence-corrected chi connectivity index (χ3v) is 5.96. The summed E-state index contributed by atoms with van der Waals surface area (Å²) in [5.41, 5.74) is 4.44. The first kappa shape index (κ1) is 24.8. The fourth-order valence-electron chi connectivity index (χ4n) is 4.12. The molecule has 34 heavy (non-hydrogen) atoms. The van der Waals surface area contributed by atoms with Gasteiger partial charge in [0, 0.05) is 18.4 Å². The number of hydrogen-bond acceptors (Lipinski definition) is 4. The van der Waals surface area contributed by atoms with Crippen molar-refractivity contribution in [2.75, 3.05) is 6.61 Å². The minimum absolute atomic E-state index is 0.0877. The van der Waals surface area contributed by atoms with Gasteiger partial charge in [0.1, 0.15) is 12.6 Å². The lowest BCUT2D eigenvalue weighted by Crippen LogP contribution is -2.51. The van der Waals surface area contributed by atoms with Crippen molar-refractivity contribution in [1.82, 2.24) is 10.6 Å². The lowest BCUT2D eigenvalue weighted by Gasteiger charge is -2.24. The second-order valence-corrected chi connectivity index (χ2v) is 8.61. The van der Waals surface area contributed by atoms with E-state index in [1.807, 2.05) is 50.2 Å². The van der Waals surface area contributed by atoms with Crippen molar-refractivity contribution in [1.29, 1.82) is 0 Å². The maximum absolute atomic E-state index is 12.8. The molecule has 2 aromatic carbocycles. The Morgan fingerprint density at radius 3 is 2.12 bits per heavy atom. The van der Waals surface area contributed by atoms with Crippen LogP contribution in [0.25, 0.3) is 11.1 Å². The Hall–Kier alpha value is -3.79. The highest BCUT2D eigenvalue weighted by atomic mass is 16.5. The average molecular weight is 463 g/mol. The molecule has 0 aliphatic heterocycles. The number of amides is 2. The summed E-state index contributed by atoms with van der Waals surface area (Å²) in [5, 5.41) is 14.4. The molecule has 0 heterocycles. The molecule has 7 nitrogen and oxygen atoms in total. The van der Waals surface area contributed by atoms with Crippen LogP contribution in [-0.4, -0.2) is 41.8 Å². The van der Waals surface area contributed by atoms with Gasteiger partial charge in [-0.05, 0) is 35.1 Å². The smallest absolute Gasteiger partial charge is 0.407 e. The first-order valence-corrected chi connectivity index (χ1v) is 11.3. The number of benzene rings is 2. The second kappa shape index (κ2) is 11.4. The molecule has 3 rings (SSSR count). The molecule has 1 aliphatic carbocycles. The number of carbonyl (C=O) groups excluding carboxylic acids is 2. The van der Waals surface area contributed by atoms with E-state index in [2.05, 4.69) is 34.6 Å². The molecule has 0 bridgehead atoms. The molecule has 0 saturated heterocycles. The number of carboxylic acids is 1. The van der Waals surface area contributed by atoms with Crippen molar-refractivity contribution in [3.05, 3.63) is 59.7 Å². The van der Waals surface area contributed by atoms with E-state index >= 15 is 0 Å². The quantitative estimate of drug-likeness (QED) is 0.490. The molecule has 2 amide bonds. The summed E-state index contributed by atoms with van der Waals surface area (Å²) in [5.74, 6) is 3.84. The van der Waals surface area contributed by atoms with Crippen LogP contribution in [0.3, 0.4) is 0 Å². The van der Waals surface area contributed by atoms with Crippen LogP contribution in [-0.2, 0) is 14.3 Å². The number of rotatable bonds is 9. The molecule has 2 atom stereocenters. The fourth-order valence-corrected chi connectivity index (χ4v) is 4.12. The number of ether oxygens (including phenoxy) is 1. The Kier molecular flexibility index (Phi) is 8.31. The highest BCUT2D eigenvalue weighted by molar-refractivity contribution is 5.86. The van der Waals surface area contributed by atoms with Crippen LogP contribution in [0.5, 0.6) is 0 Å². The Morgan fingerprint density at radius 1 is 1.00 bits per heavy atom.